The van der Waals surface area contributed by atoms with Gasteiger partial charge in [0.15, 0.2) is 6.10 Å². The van der Waals surface area contributed by atoms with Gasteiger partial charge in [-0.3, -0.25) is 4.79 Å². The molecule has 0 radical (unpaired) electrons. The molecule has 1 N–H and O–H groups in total. The first-order chi connectivity index (χ1) is 11.6. The van der Waals surface area contributed by atoms with Crippen molar-refractivity contribution in [2.45, 2.75) is 39.2 Å². The molecule has 0 aliphatic rings. The van der Waals surface area contributed by atoms with Gasteiger partial charge < -0.3 is 10.1 Å². The summed E-state index contributed by atoms with van der Waals surface area (Å²) in [6.07, 6.45) is 2.51. The van der Waals surface area contributed by atoms with Gasteiger partial charge in [0.25, 0.3) is 5.91 Å². The van der Waals surface area contributed by atoms with Crippen molar-refractivity contribution in [3.05, 3.63) is 64.7 Å². The molecule has 0 aliphatic heterocycles. The molecule has 0 aliphatic carbocycles. The molecule has 0 unspecified atom stereocenters. The van der Waals surface area contributed by atoms with Crippen LogP contribution in [0.4, 0.5) is 0 Å². The molecule has 0 saturated heterocycles. The first-order valence-electron chi connectivity index (χ1n) is 8.30. The molecule has 3 nitrogen and oxygen atoms in total. The highest BCUT2D eigenvalue weighted by Gasteiger charge is 2.15. The molecule has 2 rings (SSSR count). The highest BCUT2D eigenvalue weighted by atomic mass is 35.5. The van der Waals surface area contributed by atoms with E-state index in [9.17, 15) is 4.79 Å². The van der Waals surface area contributed by atoms with Crippen molar-refractivity contribution in [3.63, 3.8) is 0 Å². The Balaban J connectivity index is 1.68. The molecular weight excluding hydrogens is 322 g/mol. The van der Waals surface area contributed by atoms with E-state index in [0.717, 1.165) is 24.8 Å². The Morgan fingerprint density at radius 3 is 2.62 bits per heavy atom. The molecule has 0 bridgehead atoms. The molecular formula is C20H24ClNO2. The van der Waals surface area contributed by atoms with Crippen molar-refractivity contribution < 1.29 is 9.53 Å². The van der Waals surface area contributed by atoms with Crippen LogP contribution in [0, 0.1) is 6.92 Å². The van der Waals surface area contributed by atoms with Crippen LogP contribution in [-0.4, -0.2) is 18.6 Å². The Morgan fingerprint density at radius 2 is 1.92 bits per heavy atom. The molecule has 0 saturated carbocycles. The predicted molar refractivity (Wildman–Crippen MR) is 98.7 cm³/mol. The fourth-order valence-electron chi connectivity index (χ4n) is 2.44. The zero-order chi connectivity index (χ0) is 17.4. The lowest BCUT2D eigenvalue weighted by Gasteiger charge is -2.16. The minimum absolute atomic E-state index is 0.0935. The zero-order valence-corrected chi connectivity index (χ0v) is 15.0. The molecule has 1 amide bonds. The molecule has 0 fully saturated rings. The van der Waals surface area contributed by atoms with E-state index in [1.54, 1.807) is 19.1 Å². The number of nitrogens with one attached hydrogen (secondary N) is 1. The van der Waals surface area contributed by atoms with Gasteiger partial charge in [-0.25, -0.2) is 0 Å². The van der Waals surface area contributed by atoms with Crippen LogP contribution in [0.5, 0.6) is 5.75 Å². The number of hydrogen-bond acceptors (Lipinski definition) is 2. The van der Waals surface area contributed by atoms with Crippen LogP contribution in [0.25, 0.3) is 0 Å². The summed E-state index contributed by atoms with van der Waals surface area (Å²) in [7, 11) is 0. The molecule has 4 heteroatoms. The number of unbranched alkanes of at least 4 members (excludes halogenated alkanes) is 1. The van der Waals surface area contributed by atoms with Crippen LogP contribution in [-0.2, 0) is 11.2 Å². The van der Waals surface area contributed by atoms with Gasteiger partial charge in [-0.15, -0.1) is 0 Å². The number of amides is 1. The van der Waals surface area contributed by atoms with Crippen LogP contribution < -0.4 is 10.1 Å². The molecule has 24 heavy (non-hydrogen) atoms. The number of ether oxygens (including phenoxy) is 1. The second kappa shape index (κ2) is 9.33. The highest BCUT2D eigenvalue weighted by molar-refractivity contribution is 6.30. The third kappa shape index (κ3) is 5.89. The Labute approximate surface area is 149 Å². The monoisotopic (exact) mass is 345 g/mol. The van der Waals surface area contributed by atoms with E-state index >= 15 is 0 Å². The molecule has 0 spiro atoms. The largest absolute Gasteiger partial charge is 0.481 e. The summed E-state index contributed by atoms with van der Waals surface area (Å²) in [6.45, 7) is 4.34. The lowest BCUT2D eigenvalue weighted by atomic mass is 10.1. The van der Waals surface area contributed by atoms with Crippen molar-refractivity contribution in [2.24, 2.45) is 0 Å². The summed E-state index contributed by atoms with van der Waals surface area (Å²) in [5.41, 5.74) is 2.25. The average Bonchev–Trinajstić information content (AvgIpc) is 2.57. The van der Waals surface area contributed by atoms with E-state index in [-0.39, 0.29) is 5.91 Å². The zero-order valence-electron chi connectivity index (χ0n) is 14.2. The first kappa shape index (κ1) is 18.3. The van der Waals surface area contributed by atoms with Crippen LogP contribution in [0.15, 0.2) is 48.5 Å². The number of carbonyl (C=O) groups is 1. The van der Waals surface area contributed by atoms with Gasteiger partial charge in [-0.2, -0.15) is 0 Å². The van der Waals surface area contributed by atoms with Crippen molar-refractivity contribution in [1.82, 2.24) is 5.32 Å². The van der Waals surface area contributed by atoms with Crippen LogP contribution in [0.1, 0.15) is 30.9 Å². The lowest BCUT2D eigenvalue weighted by molar-refractivity contribution is -0.127. The Kier molecular flexibility index (Phi) is 7.13. The van der Waals surface area contributed by atoms with E-state index in [2.05, 4.69) is 29.6 Å². The predicted octanol–water partition coefficient (Wildman–Crippen LogP) is 4.55. The van der Waals surface area contributed by atoms with E-state index in [4.69, 9.17) is 16.3 Å². The summed E-state index contributed by atoms with van der Waals surface area (Å²) < 4.78 is 5.72. The van der Waals surface area contributed by atoms with Crippen LogP contribution >= 0.6 is 11.6 Å². The number of hydrogen-bond donors (Lipinski definition) is 1. The topological polar surface area (TPSA) is 38.3 Å². The maximum Gasteiger partial charge on any atom is 0.260 e. The highest BCUT2D eigenvalue weighted by Crippen LogP contribution is 2.22. The summed E-state index contributed by atoms with van der Waals surface area (Å²) in [6, 6.07) is 15.8. The second-order valence-corrected chi connectivity index (χ2v) is 6.34. The minimum Gasteiger partial charge on any atom is -0.481 e. The van der Waals surface area contributed by atoms with Gasteiger partial charge in [0, 0.05) is 11.6 Å². The van der Waals surface area contributed by atoms with Crippen molar-refractivity contribution >= 4 is 17.5 Å². The van der Waals surface area contributed by atoms with E-state index in [1.807, 2.05) is 19.1 Å². The van der Waals surface area contributed by atoms with Gasteiger partial charge >= 0.3 is 0 Å². The smallest absolute Gasteiger partial charge is 0.260 e. The van der Waals surface area contributed by atoms with Gasteiger partial charge in [0.1, 0.15) is 5.75 Å². The maximum absolute atomic E-state index is 12.1. The van der Waals surface area contributed by atoms with Crippen molar-refractivity contribution in [2.75, 3.05) is 6.54 Å². The number of aryl methyl sites for hydroxylation is 2. The van der Waals surface area contributed by atoms with Gasteiger partial charge in [-0.05, 0) is 62.4 Å². The number of rotatable bonds is 8. The Bertz CT molecular complexity index is 658. The molecule has 2 aromatic carbocycles. The Hall–Kier alpha value is -2.00. The summed E-state index contributed by atoms with van der Waals surface area (Å²) in [4.78, 5) is 12.1. The fraction of sp³-hybridized carbons (Fsp3) is 0.350. The van der Waals surface area contributed by atoms with Crippen LogP contribution in [0.2, 0.25) is 5.02 Å². The average molecular weight is 346 g/mol. The number of benzene rings is 2. The van der Waals surface area contributed by atoms with Gasteiger partial charge in [0.05, 0.1) is 0 Å². The molecule has 1 atom stereocenters. The summed E-state index contributed by atoms with van der Waals surface area (Å²) in [5, 5.41) is 3.59. The fourth-order valence-corrected chi connectivity index (χ4v) is 2.67. The number of halogens is 1. The standard InChI is InChI=1S/C20H24ClNO2/c1-15-14-18(21)11-12-19(15)24-16(2)20(23)22-13-7-6-10-17-8-4-3-5-9-17/h3-5,8-9,11-12,14,16H,6-7,10,13H2,1-2H3,(H,22,23)/t16-/m1/s1. The third-order valence-electron chi connectivity index (χ3n) is 3.84. The normalized spacial score (nSPS) is 11.8. The first-order valence-corrected chi connectivity index (χ1v) is 8.68. The summed E-state index contributed by atoms with van der Waals surface area (Å²) >= 11 is 5.92. The maximum atomic E-state index is 12.1. The van der Waals surface area contributed by atoms with E-state index < -0.39 is 6.10 Å². The van der Waals surface area contributed by atoms with Gasteiger partial charge in [0.2, 0.25) is 0 Å². The van der Waals surface area contributed by atoms with Crippen molar-refractivity contribution in [3.8, 4) is 5.75 Å². The molecule has 2 aromatic rings. The SMILES string of the molecule is Cc1cc(Cl)ccc1O[C@H](C)C(=O)NCCCCc1ccccc1. The molecule has 0 aromatic heterocycles. The third-order valence-corrected chi connectivity index (χ3v) is 4.08. The van der Waals surface area contributed by atoms with Gasteiger partial charge in [-0.1, -0.05) is 41.9 Å². The summed E-state index contributed by atoms with van der Waals surface area (Å²) in [5.74, 6) is 0.593. The van der Waals surface area contributed by atoms with Crippen molar-refractivity contribution in [1.29, 1.82) is 0 Å². The minimum atomic E-state index is -0.529. The molecule has 0 heterocycles. The Morgan fingerprint density at radius 1 is 1.17 bits per heavy atom. The quantitative estimate of drug-likeness (QED) is 0.712. The van der Waals surface area contributed by atoms with E-state index in [1.165, 1.54) is 5.56 Å². The number of carbonyl (C=O) groups excluding carboxylic acids is 1. The van der Waals surface area contributed by atoms with E-state index in [0.29, 0.717) is 17.3 Å². The second-order valence-electron chi connectivity index (χ2n) is 5.90. The lowest BCUT2D eigenvalue weighted by Crippen LogP contribution is -2.36. The molecule has 128 valence electrons. The van der Waals surface area contributed by atoms with Crippen LogP contribution in [0.3, 0.4) is 0 Å².